The van der Waals surface area contributed by atoms with Crippen molar-refractivity contribution in [2.45, 2.75) is 129 Å². The number of likely N-dealkylation sites (N-methyl/N-ethyl adjacent to an activating group) is 1. The van der Waals surface area contributed by atoms with Crippen molar-refractivity contribution in [2.24, 2.45) is 0 Å². The van der Waals surface area contributed by atoms with Crippen LogP contribution >= 0.6 is 7.82 Å². The van der Waals surface area contributed by atoms with Gasteiger partial charge in [-0.25, -0.2) is 4.57 Å². The maximum atomic E-state index is 12.5. The fourth-order valence-electron chi connectivity index (χ4n) is 3.93. The molecule has 0 spiro atoms. The third-order valence-corrected chi connectivity index (χ3v) is 7.53. The van der Waals surface area contributed by atoms with Gasteiger partial charge in [0.05, 0.1) is 27.7 Å². The smallest absolute Gasteiger partial charge is 0.462 e. The van der Waals surface area contributed by atoms with Crippen molar-refractivity contribution >= 4 is 19.8 Å². The van der Waals surface area contributed by atoms with E-state index in [4.69, 9.17) is 18.5 Å². The summed E-state index contributed by atoms with van der Waals surface area (Å²) in [7, 11) is 1.47. The summed E-state index contributed by atoms with van der Waals surface area (Å²) in [6, 6.07) is 0. The van der Waals surface area contributed by atoms with Crippen molar-refractivity contribution in [3.05, 3.63) is 12.2 Å². The zero-order valence-corrected chi connectivity index (χ0v) is 27.7. The second kappa shape index (κ2) is 25.3. The van der Waals surface area contributed by atoms with Gasteiger partial charge in [0.15, 0.2) is 6.10 Å². The monoisotopic (exact) mass is 606 g/mol. The van der Waals surface area contributed by atoms with Gasteiger partial charge in [-0.05, 0) is 32.1 Å². The number of rotatable bonds is 28. The van der Waals surface area contributed by atoms with Crippen molar-refractivity contribution in [3.8, 4) is 0 Å². The molecule has 41 heavy (non-hydrogen) atoms. The Morgan fingerprint density at radius 3 is 1.88 bits per heavy atom. The minimum atomic E-state index is -4.35. The first kappa shape index (κ1) is 39.8. The molecule has 9 nitrogen and oxygen atoms in total. The van der Waals surface area contributed by atoms with E-state index in [0.29, 0.717) is 17.4 Å². The molecule has 242 valence electrons. The molecule has 0 heterocycles. The number of hydrogen-bond acceptors (Lipinski definition) is 7. The Hall–Kier alpha value is -1.25. The lowest BCUT2D eigenvalue weighted by Gasteiger charge is -2.24. The van der Waals surface area contributed by atoms with Crippen LogP contribution in [0.5, 0.6) is 0 Å². The van der Waals surface area contributed by atoms with Crippen molar-refractivity contribution in [3.63, 3.8) is 0 Å². The molecule has 1 unspecified atom stereocenters. The molecule has 0 aliphatic carbocycles. The van der Waals surface area contributed by atoms with E-state index in [1.807, 2.05) is 21.1 Å². The molecule has 0 aromatic carbocycles. The summed E-state index contributed by atoms with van der Waals surface area (Å²) in [6.45, 7) is 4.27. The van der Waals surface area contributed by atoms with Gasteiger partial charge >= 0.3 is 19.8 Å². The first-order valence-corrected chi connectivity index (χ1v) is 17.4. The first-order chi connectivity index (χ1) is 19.5. The molecule has 0 saturated heterocycles. The van der Waals surface area contributed by atoms with Crippen LogP contribution in [-0.2, 0) is 32.7 Å². The third kappa shape index (κ3) is 28.6. The van der Waals surface area contributed by atoms with Crippen LogP contribution in [0.25, 0.3) is 0 Å². The summed E-state index contributed by atoms with van der Waals surface area (Å²) in [6.07, 6.45) is 20.0. The summed E-state index contributed by atoms with van der Waals surface area (Å²) in [4.78, 5) is 34.7. The van der Waals surface area contributed by atoms with Crippen LogP contribution in [0.1, 0.15) is 123 Å². The van der Waals surface area contributed by atoms with E-state index in [1.165, 1.54) is 25.7 Å². The summed E-state index contributed by atoms with van der Waals surface area (Å²) in [5.74, 6) is -0.823. The molecule has 1 N–H and O–H groups in total. The molecule has 0 saturated carbocycles. The number of ether oxygens (including phenoxy) is 2. The molecular formula is C31H61NO8P+. The number of esters is 2. The maximum absolute atomic E-state index is 12.5. The number of phosphoric ester groups is 1. The van der Waals surface area contributed by atoms with E-state index in [0.717, 1.165) is 64.2 Å². The number of allylic oxidation sites excluding steroid dienone is 2. The topological polar surface area (TPSA) is 108 Å². The van der Waals surface area contributed by atoms with Crippen LogP contribution < -0.4 is 0 Å². The molecule has 2 atom stereocenters. The van der Waals surface area contributed by atoms with E-state index >= 15 is 0 Å². The lowest BCUT2D eigenvalue weighted by Crippen LogP contribution is -2.37. The predicted molar refractivity (Wildman–Crippen MR) is 164 cm³/mol. The van der Waals surface area contributed by atoms with Crippen LogP contribution in [-0.4, -0.2) is 74.9 Å². The number of carbonyl (C=O) groups is 2. The Balaban J connectivity index is 4.53. The van der Waals surface area contributed by atoms with Gasteiger partial charge in [-0.2, -0.15) is 0 Å². The molecule has 0 bridgehead atoms. The van der Waals surface area contributed by atoms with Gasteiger partial charge in [-0.3, -0.25) is 18.6 Å². The number of quaternary nitrogens is 1. The van der Waals surface area contributed by atoms with Gasteiger partial charge in [0, 0.05) is 12.8 Å². The normalized spacial score (nSPS) is 14.2. The van der Waals surface area contributed by atoms with Crippen molar-refractivity contribution in [1.82, 2.24) is 0 Å². The molecule has 0 fully saturated rings. The van der Waals surface area contributed by atoms with Crippen molar-refractivity contribution < 1.29 is 42.1 Å². The van der Waals surface area contributed by atoms with E-state index in [9.17, 15) is 19.0 Å². The zero-order chi connectivity index (χ0) is 30.8. The average Bonchev–Trinajstić information content (AvgIpc) is 2.90. The number of phosphoric acid groups is 1. The van der Waals surface area contributed by atoms with E-state index in [2.05, 4.69) is 26.0 Å². The van der Waals surface area contributed by atoms with E-state index in [-0.39, 0.29) is 32.0 Å². The fourth-order valence-corrected chi connectivity index (χ4v) is 4.67. The van der Waals surface area contributed by atoms with Crippen LogP contribution in [0.15, 0.2) is 12.2 Å². The molecule has 0 aromatic rings. The van der Waals surface area contributed by atoms with Gasteiger partial charge in [-0.1, -0.05) is 90.2 Å². The highest BCUT2D eigenvalue weighted by atomic mass is 31.2. The number of hydrogen-bond donors (Lipinski definition) is 1. The second-order valence-corrected chi connectivity index (χ2v) is 13.3. The molecule has 0 radical (unpaired) electrons. The Morgan fingerprint density at radius 2 is 1.27 bits per heavy atom. The van der Waals surface area contributed by atoms with Crippen LogP contribution in [0.2, 0.25) is 0 Å². The quantitative estimate of drug-likeness (QED) is 0.0321. The summed E-state index contributed by atoms with van der Waals surface area (Å²) in [5.41, 5.74) is 0. The van der Waals surface area contributed by atoms with Crippen LogP contribution in [0.4, 0.5) is 0 Å². The van der Waals surface area contributed by atoms with Crippen molar-refractivity contribution in [1.29, 1.82) is 0 Å². The first-order valence-electron chi connectivity index (χ1n) is 15.9. The van der Waals surface area contributed by atoms with E-state index < -0.39 is 26.5 Å². The fraction of sp³-hybridized carbons (Fsp3) is 0.871. The van der Waals surface area contributed by atoms with Gasteiger partial charge < -0.3 is 18.9 Å². The largest absolute Gasteiger partial charge is 0.472 e. The highest BCUT2D eigenvalue weighted by molar-refractivity contribution is 7.47. The number of carbonyl (C=O) groups excluding carboxylic acids is 2. The van der Waals surface area contributed by atoms with Crippen LogP contribution in [0.3, 0.4) is 0 Å². The highest BCUT2D eigenvalue weighted by Gasteiger charge is 2.27. The zero-order valence-electron chi connectivity index (χ0n) is 26.8. The molecule has 10 heteroatoms. The standard InChI is InChI=1S/C31H60NO8P/c1-6-8-10-12-14-15-16-17-18-20-22-24-31(34)40-29(27-37-30(33)23-21-19-13-11-9-7-2)28-39-41(35,36)38-26-25-32(3,4)5/h12,14,29H,6-11,13,15-28H2,1-5H3/p+1/b14-12-/t29-/m1/s1. The summed E-state index contributed by atoms with van der Waals surface area (Å²) >= 11 is 0. The number of nitrogens with zero attached hydrogens (tertiary/aromatic N) is 1. The molecular weight excluding hydrogens is 545 g/mol. The Labute approximate surface area is 250 Å². The summed E-state index contributed by atoms with van der Waals surface area (Å²) < 4.78 is 33.8. The Morgan fingerprint density at radius 1 is 0.732 bits per heavy atom. The molecule has 0 amide bonds. The second-order valence-electron chi connectivity index (χ2n) is 11.8. The van der Waals surface area contributed by atoms with Gasteiger partial charge in [0.1, 0.15) is 19.8 Å². The van der Waals surface area contributed by atoms with Gasteiger partial charge in [0.2, 0.25) is 0 Å². The van der Waals surface area contributed by atoms with Crippen LogP contribution in [0, 0.1) is 0 Å². The SMILES string of the molecule is CCCC/C=C\CCCCCCCC(=O)O[C@H](COC(=O)CCCCCCCC)COP(=O)(O)OCC[N+](C)(C)C. The summed E-state index contributed by atoms with van der Waals surface area (Å²) in [5, 5.41) is 0. The average molecular weight is 607 g/mol. The Bertz CT molecular complexity index is 738. The molecule has 0 aliphatic rings. The van der Waals surface area contributed by atoms with Crippen molar-refractivity contribution in [2.75, 3.05) is 47.5 Å². The van der Waals surface area contributed by atoms with E-state index in [1.54, 1.807) is 0 Å². The van der Waals surface area contributed by atoms with Gasteiger partial charge in [0.25, 0.3) is 0 Å². The third-order valence-electron chi connectivity index (χ3n) is 6.55. The minimum Gasteiger partial charge on any atom is -0.462 e. The van der Waals surface area contributed by atoms with Gasteiger partial charge in [-0.15, -0.1) is 0 Å². The number of unbranched alkanes of at least 4 members (excludes halogenated alkanes) is 12. The molecule has 0 aliphatic heterocycles. The molecule has 0 aromatic heterocycles. The predicted octanol–water partition coefficient (Wildman–Crippen LogP) is 7.51. The maximum Gasteiger partial charge on any atom is 0.472 e. The lowest BCUT2D eigenvalue weighted by molar-refractivity contribution is -0.870. The lowest BCUT2D eigenvalue weighted by atomic mass is 10.1. The minimum absolute atomic E-state index is 0.0319. The Kier molecular flexibility index (Phi) is 24.5. The highest BCUT2D eigenvalue weighted by Crippen LogP contribution is 2.43. The molecule has 0 rings (SSSR count).